The van der Waals surface area contributed by atoms with Gasteiger partial charge in [0.1, 0.15) is 17.2 Å². The summed E-state index contributed by atoms with van der Waals surface area (Å²) in [6.45, 7) is 1.09. The molecule has 5 rings (SSSR count). The molecule has 1 fully saturated rings. The van der Waals surface area contributed by atoms with Crippen molar-refractivity contribution >= 4 is 5.91 Å². The number of ether oxygens (including phenoxy) is 2. The maximum atomic E-state index is 13.7. The number of hydrogen-bond acceptors (Lipinski definition) is 4. The summed E-state index contributed by atoms with van der Waals surface area (Å²) >= 11 is 0. The highest BCUT2D eigenvalue weighted by Gasteiger charge is 2.30. The van der Waals surface area contributed by atoms with Crippen molar-refractivity contribution in [2.24, 2.45) is 13.0 Å². The number of para-hydroxylation sites is 1. The number of nitrogens with zero attached hydrogens (tertiary/aromatic N) is 3. The Bertz CT molecular complexity index is 1300. The van der Waals surface area contributed by atoms with E-state index in [1.165, 1.54) is 0 Å². The van der Waals surface area contributed by atoms with E-state index in [1.807, 2.05) is 90.8 Å². The number of hydrogen-bond donors (Lipinski definition) is 0. The fourth-order valence-electron chi connectivity index (χ4n) is 4.21. The molecule has 0 atom stereocenters. The second kappa shape index (κ2) is 10.1. The van der Waals surface area contributed by atoms with E-state index >= 15 is 0 Å². The zero-order chi connectivity index (χ0) is 24.2. The largest absolute Gasteiger partial charge is 0.497 e. The highest BCUT2D eigenvalue weighted by atomic mass is 16.5. The first-order valence-electron chi connectivity index (χ1n) is 11.9. The normalized spacial score (nSPS) is 12.9. The Balaban J connectivity index is 1.55. The van der Waals surface area contributed by atoms with Gasteiger partial charge in [-0.05, 0) is 49.1 Å². The van der Waals surface area contributed by atoms with Gasteiger partial charge in [-0.15, -0.1) is 0 Å². The van der Waals surface area contributed by atoms with Gasteiger partial charge in [0.15, 0.2) is 0 Å². The minimum absolute atomic E-state index is 0.0238. The van der Waals surface area contributed by atoms with Crippen molar-refractivity contribution in [1.82, 2.24) is 14.7 Å². The molecule has 6 heteroatoms. The highest BCUT2D eigenvalue weighted by molar-refractivity contribution is 5.94. The zero-order valence-corrected chi connectivity index (χ0v) is 20.1. The Kier molecular flexibility index (Phi) is 6.53. The molecule has 1 saturated carbocycles. The molecule has 0 aliphatic heterocycles. The molecule has 0 N–H and O–H groups in total. The van der Waals surface area contributed by atoms with E-state index in [0.29, 0.717) is 36.2 Å². The molecular formula is C29H29N3O3. The lowest BCUT2D eigenvalue weighted by atomic mass is 10.1. The van der Waals surface area contributed by atoms with E-state index in [4.69, 9.17) is 14.6 Å². The molecule has 4 aromatic rings. The fraction of sp³-hybridized carbons (Fsp3) is 0.241. The van der Waals surface area contributed by atoms with Gasteiger partial charge in [0, 0.05) is 24.7 Å². The molecule has 1 aliphatic rings. The topological polar surface area (TPSA) is 56.6 Å². The van der Waals surface area contributed by atoms with Gasteiger partial charge in [-0.3, -0.25) is 4.79 Å². The van der Waals surface area contributed by atoms with Gasteiger partial charge in [0.05, 0.1) is 19.2 Å². The number of carbonyl (C=O) groups is 1. The van der Waals surface area contributed by atoms with Crippen LogP contribution in [0.2, 0.25) is 0 Å². The summed E-state index contributed by atoms with van der Waals surface area (Å²) in [7, 11) is 3.49. The van der Waals surface area contributed by atoms with E-state index in [0.717, 1.165) is 35.4 Å². The van der Waals surface area contributed by atoms with Crippen LogP contribution in [0.4, 0.5) is 0 Å². The van der Waals surface area contributed by atoms with E-state index in [-0.39, 0.29) is 5.91 Å². The molecule has 0 bridgehead atoms. The molecule has 178 valence electrons. The van der Waals surface area contributed by atoms with Crippen molar-refractivity contribution < 1.29 is 14.3 Å². The van der Waals surface area contributed by atoms with Crippen LogP contribution in [0.25, 0.3) is 11.3 Å². The van der Waals surface area contributed by atoms with Crippen LogP contribution >= 0.6 is 0 Å². The summed E-state index contributed by atoms with van der Waals surface area (Å²) in [6.07, 6.45) is 2.29. The smallest absolute Gasteiger partial charge is 0.254 e. The molecule has 0 unspecified atom stereocenters. The number of aryl methyl sites for hydroxylation is 1. The molecule has 1 heterocycles. The van der Waals surface area contributed by atoms with Crippen molar-refractivity contribution in [3.63, 3.8) is 0 Å². The van der Waals surface area contributed by atoms with Crippen molar-refractivity contribution in [1.29, 1.82) is 0 Å². The summed E-state index contributed by atoms with van der Waals surface area (Å²) in [4.78, 5) is 15.6. The SMILES string of the molecule is COc1cccc(C(=O)N(Cc2c(-c3ccccc3)nn(C)c2Oc2ccccc2)CC2CC2)c1. The summed E-state index contributed by atoms with van der Waals surface area (Å²) in [6, 6.07) is 27.1. The van der Waals surface area contributed by atoms with Crippen LogP contribution in [0.3, 0.4) is 0 Å². The maximum Gasteiger partial charge on any atom is 0.254 e. The summed E-state index contributed by atoms with van der Waals surface area (Å²) in [5, 5.41) is 4.82. The molecule has 0 radical (unpaired) electrons. The molecule has 3 aromatic carbocycles. The number of benzene rings is 3. The van der Waals surface area contributed by atoms with Crippen molar-refractivity contribution in [2.75, 3.05) is 13.7 Å². The Morgan fingerprint density at radius 3 is 2.34 bits per heavy atom. The van der Waals surface area contributed by atoms with Gasteiger partial charge in [0.25, 0.3) is 5.91 Å². The first-order chi connectivity index (χ1) is 17.1. The summed E-state index contributed by atoms with van der Waals surface area (Å²) < 4.78 is 13.4. The third kappa shape index (κ3) is 5.22. The van der Waals surface area contributed by atoms with Crippen LogP contribution in [0, 0.1) is 5.92 Å². The van der Waals surface area contributed by atoms with E-state index in [1.54, 1.807) is 17.9 Å². The Hall–Kier alpha value is -4.06. The first kappa shape index (κ1) is 22.7. The third-order valence-electron chi connectivity index (χ3n) is 6.22. The van der Waals surface area contributed by atoms with Gasteiger partial charge in [-0.25, -0.2) is 4.68 Å². The van der Waals surface area contributed by atoms with Gasteiger partial charge in [0.2, 0.25) is 5.88 Å². The highest BCUT2D eigenvalue weighted by Crippen LogP contribution is 2.36. The molecule has 35 heavy (non-hydrogen) atoms. The lowest BCUT2D eigenvalue weighted by Crippen LogP contribution is -2.32. The molecule has 1 aromatic heterocycles. The number of aromatic nitrogens is 2. The molecule has 0 saturated heterocycles. The third-order valence-corrected chi connectivity index (χ3v) is 6.22. The average molecular weight is 468 g/mol. The number of carbonyl (C=O) groups excluding carboxylic acids is 1. The van der Waals surface area contributed by atoms with Gasteiger partial charge >= 0.3 is 0 Å². The predicted octanol–water partition coefficient (Wildman–Crippen LogP) is 5.94. The number of methoxy groups -OCH3 is 1. The fourth-order valence-corrected chi connectivity index (χ4v) is 4.21. The molecular weight excluding hydrogens is 438 g/mol. The summed E-state index contributed by atoms with van der Waals surface area (Å²) in [5.74, 6) is 2.53. The lowest BCUT2D eigenvalue weighted by Gasteiger charge is -2.24. The van der Waals surface area contributed by atoms with Crippen molar-refractivity contribution in [3.8, 4) is 28.6 Å². The number of amides is 1. The van der Waals surface area contributed by atoms with E-state index in [9.17, 15) is 4.79 Å². The number of rotatable bonds is 9. The van der Waals surface area contributed by atoms with Gasteiger partial charge in [-0.1, -0.05) is 54.6 Å². The van der Waals surface area contributed by atoms with Crippen LogP contribution < -0.4 is 9.47 Å². The Morgan fingerprint density at radius 1 is 0.971 bits per heavy atom. The van der Waals surface area contributed by atoms with Crippen LogP contribution in [0.15, 0.2) is 84.9 Å². The Morgan fingerprint density at radius 2 is 1.66 bits per heavy atom. The second-order valence-corrected chi connectivity index (χ2v) is 8.90. The average Bonchev–Trinajstić information content (AvgIpc) is 3.68. The van der Waals surface area contributed by atoms with Crippen LogP contribution in [0.5, 0.6) is 17.4 Å². The summed E-state index contributed by atoms with van der Waals surface area (Å²) in [5.41, 5.74) is 3.31. The molecule has 1 aliphatic carbocycles. The van der Waals surface area contributed by atoms with Crippen LogP contribution in [0.1, 0.15) is 28.8 Å². The van der Waals surface area contributed by atoms with Gasteiger partial charge < -0.3 is 14.4 Å². The molecule has 1 amide bonds. The van der Waals surface area contributed by atoms with Crippen LogP contribution in [-0.2, 0) is 13.6 Å². The lowest BCUT2D eigenvalue weighted by molar-refractivity contribution is 0.0734. The van der Waals surface area contributed by atoms with Crippen molar-refractivity contribution in [2.45, 2.75) is 19.4 Å². The quantitative estimate of drug-likeness (QED) is 0.306. The Labute approximate surface area is 205 Å². The monoisotopic (exact) mass is 467 g/mol. The van der Waals surface area contributed by atoms with Gasteiger partial charge in [-0.2, -0.15) is 5.10 Å². The first-order valence-corrected chi connectivity index (χ1v) is 11.9. The maximum absolute atomic E-state index is 13.7. The standard InChI is InChI=1S/C29H29N3O3/c1-31-29(35-24-13-7-4-8-14-24)26(27(30-31)22-10-5-3-6-11-22)20-32(19-21-16-17-21)28(33)23-12-9-15-25(18-23)34-2/h3-15,18,21H,16-17,19-20H2,1-2H3. The minimum atomic E-state index is -0.0238. The van der Waals surface area contributed by atoms with E-state index in [2.05, 4.69) is 0 Å². The zero-order valence-electron chi connectivity index (χ0n) is 20.1. The second-order valence-electron chi connectivity index (χ2n) is 8.90. The predicted molar refractivity (Wildman–Crippen MR) is 136 cm³/mol. The van der Waals surface area contributed by atoms with Crippen molar-refractivity contribution in [3.05, 3.63) is 96.1 Å². The molecule has 0 spiro atoms. The minimum Gasteiger partial charge on any atom is -0.497 e. The van der Waals surface area contributed by atoms with Crippen LogP contribution in [-0.4, -0.2) is 34.2 Å². The van der Waals surface area contributed by atoms with E-state index < -0.39 is 0 Å². The molecule has 6 nitrogen and oxygen atoms in total.